The Labute approximate surface area is 187 Å². The zero-order valence-electron chi connectivity index (χ0n) is 17.3. The SMILES string of the molecule is O=S(=O)(c1ccc(N=Cc2c(O)ccc3ccccc23)cc1)N1CCc2ccccc2C1. The zero-order valence-corrected chi connectivity index (χ0v) is 18.2. The standard InChI is InChI=1S/C26H22N2O3S/c29-26-14-9-20-6-3-4-8-24(20)25(26)17-27-22-10-12-23(13-11-22)32(30,31)28-16-15-19-5-1-2-7-21(19)18-28/h1-14,17,29H,15-16,18H2. The van der Waals surface area contributed by atoms with Gasteiger partial charge in [0.1, 0.15) is 5.75 Å². The summed E-state index contributed by atoms with van der Waals surface area (Å²) >= 11 is 0. The quantitative estimate of drug-likeness (QED) is 0.450. The predicted octanol–water partition coefficient (Wildman–Crippen LogP) is 5.04. The highest BCUT2D eigenvalue weighted by molar-refractivity contribution is 7.89. The summed E-state index contributed by atoms with van der Waals surface area (Å²) in [5, 5.41) is 12.2. The minimum Gasteiger partial charge on any atom is -0.507 e. The van der Waals surface area contributed by atoms with Crippen molar-refractivity contribution in [1.82, 2.24) is 4.31 Å². The van der Waals surface area contributed by atoms with Crippen molar-refractivity contribution >= 4 is 32.7 Å². The second kappa shape index (κ2) is 8.22. The molecule has 0 saturated heterocycles. The first kappa shape index (κ1) is 20.4. The van der Waals surface area contributed by atoms with E-state index in [2.05, 4.69) is 11.1 Å². The van der Waals surface area contributed by atoms with Crippen molar-refractivity contribution in [3.8, 4) is 5.75 Å². The van der Waals surface area contributed by atoms with E-state index in [1.807, 2.05) is 48.5 Å². The molecule has 0 saturated carbocycles. The van der Waals surface area contributed by atoms with Crippen LogP contribution in [0.25, 0.3) is 10.8 Å². The van der Waals surface area contributed by atoms with Gasteiger partial charge in [-0.25, -0.2) is 8.42 Å². The Bertz CT molecular complexity index is 1430. The van der Waals surface area contributed by atoms with E-state index in [0.717, 1.165) is 16.3 Å². The Balaban J connectivity index is 1.39. The van der Waals surface area contributed by atoms with Crippen molar-refractivity contribution in [2.75, 3.05) is 6.54 Å². The van der Waals surface area contributed by atoms with Gasteiger partial charge in [-0.05, 0) is 58.7 Å². The summed E-state index contributed by atoms with van der Waals surface area (Å²) < 4.78 is 27.8. The molecule has 0 fully saturated rings. The Kier molecular flexibility index (Phi) is 5.25. The van der Waals surface area contributed by atoms with Gasteiger partial charge in [0.2, 0.25) is 10.0 Å². The maximum atomic E-state index is 13.1. The third-order valence-corrected chi connectivity index (χ3v) is 7.72. The number of sulfonamides is 1. The average molecular weight is 443 g/mol. The number of hydrogen-bond donors (Lipinski definition) is 1. The molecule has 32 heavy (non-hydrogen) atoms. The van der Waals surface area contributed by atoms with Crippen LogP contribution in [0.2, 0.25) is 0 Å². The number of rotatable bonds is 4. The molecule has 0 amide bonds. The van der Waals surface area contributed by atoms with Gasteiger partial charge < -0.3 is 5.11 Å². The molecule has 160 valence electrons. The normalized spacial score (nSPS) is 14.6. The Morgan fingerprint density at radius 2 is 1.56 bits per heavy atom. The molecule has 1 aliphatic rings. The van der Waals surface area contributed by atoms with Gasteiger partial charge in [-0.3, -0.25) is 4.99 Å². The predicted molar refractivity (Wildman–Crippen MR) is 127 cm³/mol. The van der Waals surface area contributed by atoms with Gasteiger partial charge in [-0.1, -0.05) is 54.6 Å². The lowest BCUT2D eigenvalue weighted by Crippen LogP contribution is -2.35. The van der Waals surface area contributed by atoms with Crippen LogP contribution in [0.5, 0.6) is 5.75 Å². The molecule has 1 heterocycles. The van der Waals surface area contributed by atoms with Crippen LogP contribution in [0.4, 0.5) is 5.69 Å². The number of nitrogens with zero attached hydrogens (tertiary/aromatic N) is 2. The molecular weight excluding hydrogens is 420 g/mol. The van der Waals surface area contributed by atoms with Gasteiger partial charge in [0.15, 0.2) is 0 Å². The second-order valence-corrected chi connectivity index (χ2v) is 9.77. The lowest BCUT2D eigenvalue weighted by atomic mass is 10.0. The molecule has 0 spiro atoms. The number of benzene rings is 4. The zero-order chi connectivity index (χ0) is 22.1. The van der Waals surface area contributed by atoms with Crippen LogP contribution in [-0.4, -0.2) is 30.6 Å². The van der Waals surface area contributed by atoms with Gasteiger partial charge in [-0.2, -0.15) is 4.31 Å². The summed E-state index contributed by atoms with van der Waals surface area (Å²) in [6.07, 6.45) is 2.33. The number of aromatic hydroxyl groups is 1. The van der Waals surface area contributed by atoms with Crippen LogP contribution in [0, 0.1) is 0 Å². The minimum atomic E-state index is -3.58. The van der Waals surface area contributed by atoms with E-state index in [-0.39, 0.29) is 10.6 Å². The molecule has 0 aromatic heterocycles. The largest absolute Gasteiger partial charge is 0.507 e. The van der Waals surface area contributed by atoms with E-state index in [4.69, 9.17) is 0 Å². The maximum Gasteiger partial charge on any atom is 0.243 e. The van der Waals surface area contributed by atoms with E-state index in [1.54, 1.807) is 36.5 Å². The van der Waals surface area contributed by atoms with Crippen LogP contribution in [0.1, 0.15) is 16.7 Å². The first-order valence-electron chi connectivity index (χ1n) is 10.4. The molecule has 0 atom stereocenters. The Morgan fingerprint density at radius 3 is 2.38 bits per heavy atom. The van der Waals surface area contributed by atoms with Crippen LogP contribution >= 0.6 is 0 Å². The van der Waals surface area contributed by atoms with Crippen molar-refractivity contribution < 1.29 is 13.5 Å². The fourth-order valence-corrected chi connectivity index (χ4v) is 5.51. The molecule has 0 aliphatic carbocycles. The number of fused-ring (bicyclic) bond motifs is 2. The number of hydrogen-bond acceptors (Lipinski definition) is 4. The third kappa shape index (κ3) is 3.79. The molecular formula is C26H22N2O3S. The summed E-state index contributed by atoms with van der Waals surface area (Å²) in [6.45, 7) is 0.860. The number of phenols is 1. The van der Waals surface area contributed by atoms with Crippen LogP contribution in [0.15, 0.2) is 94.8 Å². The summed E-state index contributed by atoms with van der Waals surface area (Å²) in [7, 11) is -3.58. The fraction of sp³-hybridized carbons (Fsp3) is 0.115. The molecule has 5 nitrogen and oxygen atoms in total. The summed E-state index contributed by atoms with van der Waals surface area (Å²) in [5.74, 6) is 0.150. The molecule has 1 aliphatic heterocycles. The van der Waals surface area contributed by atoms with Gasteiger partial charge in [0.25, 0.3) is 0 Å². The first-order valence-corrected chi connectivity index (χ1v) is 11.9. The van der Waals surface area contributed by atoms with Crippen molar-refractivity contribution in [2.45, 2.75) is 17.9 Å². The van der Waals surface area contributed by atoms with E-state index >= 15 is 0 Å². The fourth-order valence-electron chi connectivity index (χ4n) is 4.09. The third-order valence-electron chi connectivity index (χ3n) is 5.86. The first-order chi connectivity index (χ1) is 15.5. The van der Waals surface area contributed by atoms with Crippen molar-refractivity contribution in [1.29, 1.82) is 0 Å². The topological polar surface area (TPSA) is 70.0 Å². The van der Waals surface area contributed by atoms with Crippen molar-refractivity contribution in [3.63, 3.8) is 0 Å². The van der Waals surface area contributed by atoms with Crippen LogP contribution in [-0.2, 0) is 23.0 Å². The molecule has 5 rings (SSSR count). The summed E-state index contributed by atoms with van der Waals surface area (Å²) in [6, 6.07) is 25.8. The average Bonchev–Trinajstić information content (AvgIpc) is 2.83. The molecule has 0 bridgehead atoms. The second-order valence-electron chi connectivity index (χ2n) is 7.83. The molecule has 0 radical (unpaired) electrons. The lowest BCUT2D eigenvalue weighted by Gasteiger charge is -2.28. The Hall–Kier alpha value is -3.48. The van der Waals surface area contributed by atoms with E-state index in [0.29, 0.717) is 30.8 Å². The highest BCUT2D eigenvalue weighted by Crippen LogP contribution is 2.28. The van der Waals surface area contributed by atoms with E-state index in [9.17, 15) is 13.5 Å². The lowest BCUT2D eigenvalue weighted by molar-refractivity contribution is 0.391. The Morgan fingerprint density at radius 1 is 0.844 bits per heavy atom. The van der Waals surface area contributed by atoms with Gasteiger partial charge >= 0.3 is 0 Å². The monoisotopic (exact) mass is 442 g/mol. The summed E-state index contributed by atoms with van der Waals surface area (Å²) in [4.78, 5) is 4.71. The van der Waals surface area contributed by atoms with E-state index < -0.39 is 10.0 Å². The van der Waals surface area contributed by atoms with Gasteiger partial charge in [0.05, 0.1) is 10.6 Å². The molecule has 4 aromatic carbocycles. The van der Waals surface area contributed by atoms with Gasteiger partial charge in [0, 0.05) is 24.9 Å². The minimum absolute atomic E-state index is 0.150. The number of phenolic OH excluding ortho intramolecular Hbond substituents is 1. The molecule has 6 heteroatoms. The highest BCUT2D eigenvalue weighted by Gasteiger charge is 2.28. The van der Waals surface area contributed by atoms with Crippen LogP contribution in [0.3, 0.4) is 0 Å². The number of aliphatic imine (C=N–C) groups is 1. The van der Waals surface area contributed by atoms with Crippen molar-refractivity contribution in [3.05, 3.63) is 102 Å². The van der Waals surface area contributed by atoms with E-state index in [1.165, 1.54) is 9.87 Å². The maximum absolute atomic E-state index is 13.1. The van der Waals surface area contributed by atoms with Crippen LogP contribution < -0.4 is 0 Å². The summed E-state index contributed by atoms with van der Waals surface area (Å²) in [5.41, 5.74) is 3.51. The van der Waals surface area contributed by atoms with Gasteiger partial charge in [-0.15, -0.1) is 0 Å². The smallest absolute Gasteiger partial charge is 0.243 e. The highest BCUT2D eigenvalue weighted by atomic mass is 32.2. The van der Waals surface area contributed by atoms with Crippen molar-refractivity contribution in [2.24, 2.45) is 4.99 Å². The molecule has 4 aromatic rings. The molecule has 1 N–H and O–H groups in total. The molecule has 0 unspecified atom stereocenters.